The van der Waals surface area contributed by atoms with Crippen LogP contribution < -0.4 is 5.73 Å². The zero-order chi connectivity index (χ0) is 30.6. The fourth-order valence-corrected chi connectivity index (χ4v) is 6.60. The molecule has 0 spiro atoms. The summed E-state index contributed by atoms with van der Waals surface area (Å²) in [6.07, 6.45) is 27.6. The average molecular weight is 618 g/mol. The van der Waals surface area contributed by atoms with Crippen molar-refractivity contribution in [3.05, 3.63) is 24.2 Å². The normalized spacial score (nSPS) is 19.2. The van der Waals surface area contributed by atoms with E-state index in [9.17, 15) is 10.2 Å². The summed E-state index contributed by atoms with van der Waals surface area (Å²) >= 11 is 0. The maximum Gasteiger partial charge on any atom is 0.329 e. The first-order chi connectivity index (χ1) is 21.1. The highest BCUT2D eigenvalue weighted by molar-refractivity contribution is 7.40. The Morgan fingerprint density at radius 2 is 1.49 bits per heavy atom. The second kappa shape index (κ2) is 21.0. The summed E-state index contributed by atoms with van der Waals surface area (Å²) in [5, 5.41) is 14.1. The van der Waals surface area contributed by atoms with Crippen molar-refractivity contribution >= 4 is 19.9 Å². The highest BCUT2D eigenvalue weighted by atomic mass is 31.2. The van der Waals surface area contributed by atoms with Crippen molar-refractivity contribution in [1.29, 1.82) is 5.26 Å². The van der Waals surface area contributed by atoms with Gasteiger partial charge in [-0.05, 0) is 31.4 Å². The van der Waals surface area contributed by atoms with Gasteiger partial charge in [-0.25, -0.2) is 9.50 Å². The number of aromatic nitrogens is 3. The summed E-state index contributed by atoms with van der Waals surface area (Å²) in [6.45, 7) is 2.70. The molecule has 1 fully saturated rings. The molecule has 0 aromatic carbocycles. The molecule has 3 atom stereocenters. The maximum absolute atomic E-state index is 10.2. The van der Waals surface area contributed by atoms with Gasteiger partial charge >= 0.3 is 8.60 Å². The van der Waals surface area contributed by atoms with E-state index < -0.39 is 14.2 Å². The van der Waals surface area contributed by atoms with Gasteiger partial charge in [-0.1, -0.05) is 122 Å². The highest BCUT2D eigenvalue weighted by Crippen LogP contribution is 2.43. The molecular formula is C33H56N5O4P. The van der Waals surface area contributed by atoms with Crippen molar-refractivity contribution in [2.24, 2.45) is 0 Å². The van der Waals surface area contributed by atoms with E-state index in [0.717, 1.165) is 18.5 Å². The third-order valence-electron chi connectivity index (χ3n) is 8.58. The van der Waals surface area contributed by atoms with E-state index in [2.05, 4.69) is 23.1 Å². The smallest absolute Gasteiger partial charge is 0.329 e. The number of unbranched alkanes of at least 4 members (excludes halogenated alkanes) is 18. The van der Waals surface area contributed by atoms with E-state index in [1.165, 1.54) is 115 Å². The lowest BCUT2D eigenvalue weighted by atomic mass is 10.0. The molecule has 0 aliphatic carbocycles. The molecule has 1 saturated heterocycles. The van der Waals surface area contributed by atoms with Crippen LogP contribution in [0, 0.1) is 11.3 Å². The van der Waals surface area contributed by atoms with Crippen LogP contribution in [0.2, 0.25) is 0 Å². The van der Waals surface area contributed by atoms with Gasteiger partial charge in [0.1, 0.15) is 24.0 Å². The third-order valence-corrected chi connectivity index (χ3v) is 9.33. The van der Waals surface area contributed by atoms with Gasteiger partial charge in [-0.2, -0.15) is 10.4 Å². The number of nitriles is 1. The van der Waals surface area contributed by atoms with Crippen molar-refractivity contribution in [3.8, 4) is 6.07 Å². The number of rotatable bonds is 25. The Bertz CT molecular complexity index is 1060. The van der Waals surface area contributed by atoms with Crippen LogP contribution >= 0.6 is 8.60 Å². The standard InChI is InChI=1S/C33H56N5O4P/c1-2-3-4-5-6-7-8-9-10-11-12-13-14-15-16-17-18-19-20-25-40-43(39)41-27-33(26-34)24-23-31(42-33)29-21-22-30-32(35)36-28-37-38(29)30/h21-22,28,31,39H,2-20,23-25,27H2,1H3,(H2,35,36,37). The van der Waals surface area contributed by atoms with Crippen LogP contribution in [0.1, 0.15) is 154 Å². The number of nitrogens with zero attached hydrogens (tertiary/aromatic N) is 4. The second-order valence-electron chi connectivity index (χ2n) is 12.2. The first-order valence-electron chi connectivity index (χ1n) is 17.0. The van der Waals surface area contributed by atoms with Crippen LogP contribution in [0.25, 0.3) is 5.52 Å². The van der Waals surface area contributed by atoms with E-state index in [0.29, 0.717) is 30.8 Å². The number of fused-ring (bicyclic) bond motifs is 1. The van der Waals surface area contributed by atoms with Gasteiger partial charge in [0.05, 0.1) is 18.9 Å². The van der Waals surface area contributed by atoms with Crippen molar-refractivity contribution in [2.75, 3.05) is 18.9 Å². The monoisotopic (exact) mass is 617 g/mol. The maximum atomic E-state index is 10.2. The van der Waals surface area contributed by atoms with E-state index in [1.807, 2.05) is 12.1 Å². The molecule has 0 amide bonds. The molecule has 2 aromatic heterocycles. The van der Waals surface area contributed by atoms with Crippen LogP contribution in [-0.4, -0.2) is 38.3 Å². The number of hydrogen-bond acceptors (Lipinski definition) is 8. The van der Waals surface area contributed by atoms with Crippen molar-refractivity contribution < 1.29 is 18.7 Å². The minimum atomic E-state index is -2.05. The van der Waals surface area contributed by atoms with Crippen LogP contribution in [0.15, 0.2) is 18.5 Å². The molecule has 10 heteroatoms. The number of nitrogens with two attached hydrogens (primary N) is 1. The Hall–Kier alpha value is -1.82. The third kappa shape index (κ3) is 13.0. The minimum absolute atomic E-state index is 0.0399. The molecule has 9 nitrogen and oxygen atoms in total. The highest BCUT2D eigenvalue weighted by Gasteiger charge is 2.43. The van der Waals surface area contributed by atoms with Crippen LogP contribution in [0.4, 0.5) is 5.82 Å². The zero-order valence-electron chi connectivity index (χ0n) is 26.6. The Labute approximate surface area is 260 Å². The van der Waals surface area contributed by atoms with Gasteiger partial charge in [0.15, 0.2) is 11.4 Å². The molecule has 3 heterocycles. The van der Waals surface area contributed by atoms with E-state index in [4.69, 9.17) is 19.5 Å². The van der Waals surface area contributed by atoms with Crippen LogP contribution in [0.3, 0.4) is 0 Å². The molecular weight excluding hydrogens is 561 g/mol. The molecule has 1 aliphatic heterocycles. The molecule has 3 unspecified atom stereocenters. The fourth-order valence-electron chi connectivity index (χ4n) is 5.92. The molecule has 2 aromatic rings. The molecule has 0 bridgehead atoms. The molecule has 3 rings (SSSR count). The topological polar surface area (TPSA) is 128 Å². The van der Waals surface area contributed by atoms with Gasteiger partial charge in [0.25, 0.3) is 0 Å². The number of anilines is 1. The predicted molar refractivity (Wildman–Crippen MR) is 173 cm³/mol. The summed E-state index contributed by atoms with van der Waals surface area (Å²) in [5.74, 6) is 0.391. The summed E-state index contributed by atoms with van der Waals surface area (Å²) in [7, 11) is -2.05. The van der Waals surface area contributed by atoms with Gasteiger partial charge in [0.2, 0.25) is 0 Å². The van der Waals surface area contributed by atoms with Gasteiger partial charge in [0, 0.05) is 0 Å². The Balaban J connectivity index is 1.12. The van der Waals surface area contributed by atoms with Gasteiger partial charge in [-0.3, -0.25) is 0 Å². The minimum Gasteiger partial charge on any atom is -0.382 e. The number of hydrogen-bond donors (Lipinski definition) is 2. The Morgan fingerprint density at radius 1 is 0.930 bits per heavy atom. The lowest BCUT2D eigenvalue weighted by Gasteiger charge is -2.22. The zero-order valence-corrected chi connectivity index (χ0v) is 27.5. The molecule has 43 heavy (non-hydrogen) atoms. The first-order valence-corrected chi connectivity index (χ1v) is 18.1. The Morgan fingerprint density at radius 3 is 2.05 bits per heavy atom. The molecule has 3 N–H and O–H groups in total. The predicted octanol–water partition coefficient (Wildman–Crippen LogP) is 9.11. The largest absolute Gasteiger partial charge is 0.382 e. The van der Waals surface area contributed by atoms with Gasteiger partial charge < -0.3 is 24.4 Å². The quantitative estimate of drug-likeness (QED) is 0.0834. The summed E-state index contributed by atoms with van der Waals surface area (Å²) in [6, 6.07) is 5.98. The molecule has 1 aliphatic rings. The summed E-state index contributed by atoms with van der Waals surface area (Å²) in [4.78, 5) is 14.2. The molecule has 242 valence electrons. The lowest BCUT2D eigenvalue weighted by molar-refractivity contribution is -0.0358. The Kier molecular flexibility index (Phi) is 17.4. The van der Waals surface area contributed by atoms with E-state index in [1.54, 1.807) is 4.52 Å². The van der Waals surface area contributed by atoms with Crippen molar-refractivity contribution in [1.82, 2.24) is 14.6 Å². The first kappa shape index (κ1) is 35.7. The number of ether oxygens (including phenoxy) is 1. The fraction of sp³-hybridized carbons (Fsp3) is 0.788. The SMILES string of the molecule is CCCCCCCCCCCCCCCCCCCCCOP(O)OCC1(C#N)CCC(c2ccc3c(N)ncnn23)O1. The number of nitrogen functional groups attached to an aromatic ring is 1. The summed E-state index contributed by atoms with van der Waals surface area (Å²) < 4.78 is 18.8. The summed E-state index contributed by atoms with van der Waals surface area (Å²) in [5.41, 5.74) is 6.32. The molecule has 0 saturated carbocycles. The molecule has 0 radical (unpaired) electrons. The average Bonchev–Trinajstić information content (AvgIpc) is 3.65. The van der Waals surface area contributed by atoms with Crippen LogP contribution in [-0.2, 0) is 13.8 Å². The van der Waals surface area contributed by atoms with E-state index in [-0.39, 0.29) is 12.7 Å². The van der Waals surface area contributed by atoms with Crippen LogP contribution in [0.5, 0.6) is 0 Å². The lowest BCUT2D eigenvalue weighted by Crippen LogP contribution is -2.31. The van der Waals surface area contributed by atoms with Gasteiger partial charge in [-0.15, -0.1) is 0 Å². The van der Waals surface area contributed by atoms with E-state index >= 15 is 0 Å². The second-order valence-corrected chi connectivity index (χ2v) is 13.2. The van der Waals surface area contributed by atoms with Crippen molar-refractivity contribution in [3.63, 3.8) is 0 Å². The van der Waals surface area contributed by atoms with Crippen molar-refractivity contribution in [2.45, 2.75) is 153 Å².